The van der Waals surface area contributed by atoms with E-state index in [9.17, 15) is 9.18 Å². The van der Waals surface area contributed by atoms with Crippen molar-refractivity contribution in [3.63, 3.8) is 0 Å². The van der Waals surface area contributed by atoms with Crippen LogP contribution in [0.25, 0.3) is 0 Å². The van der Waals surface area contributed by atoms with E-state index < -0.39 is 0 Å². The second-order valence-corrected chi connectivity index (χ2v) is 7.34. The third-order valence-corrected chi connectivity index (χ3v) is 5.13. The average molecular weight is 406 g/mol. The van der Waals surface area contributed by atoms with Gasteiger partial charge in [0, 0.05) is 43.3 Å². The molecule has 2 aromatic rings. The Hall–Kier alpha value is -2.47. The Bertz CT molecular complexity index is 801. The number of nitrogens with one attached hydrogen (secondary N) is 2. The Morgan fingerprint density at radius 3 is 2.82 bits per heavy atom. The highest BCUT2D eigenvalue weighted by Crippen LogP contribution is 2.27. The third kappa shape index (κ3) is 5.52. The van der Waals surface area contributed by atoms with Gasteiger partial charge < -0.3 is 20.3 Å². The Morgan fingerprint density at radius 1 is 1.29 bits per heavy atom. The van der Waals surface area contributed by atoms with E-state index >= 15 is 0 Å². The first kappa shape index (κ1) is 20.3. The summed E-state index contributed by atoms with van der Waals surface area (Å²) < 4.78 is 18.3. The summed E-state index contributed by atoms with van der Waals surface area (Å²) in [6, 6.07) is 11.9. The van der Waals surface area contributed by atoms with E-state index in [2.05, 4.69) is 15.5 Å². The summed E-state index contributed by atoms with van der Waals surface area (Å²) in [7, 11) is 1.60. The summed E-state index contributed by atoms with van der Waals surface area (Å²) >= 11 is 6.00. The lowest BCUT2D eigenvalue weighted by Crippen LogP contribution is -2.32. The number of anilines is 2. The van der Waals surface area contributed by atoms with Crippen LogP contribution in [-0.2, 0) is 4.79 Å². The zero-order valence-electron chi connectivity index (χ0n) is 15.9. The third-order valence-electron chi connectivity index (χ3n) is 4.89. The number of methoxy groups -OCH3 is 1. The molecule has 1 amide bonds. The average Bonchev–Trinajstić information content (AvgIpc) is 3.16. The van der Waals surface area contributed by atoms with Crippen LogP contribution >= 0.6 is 11.6 Å². The van der Waals surface area contributed by atoms with Gasteiger partial charge in [-0.2, -0.15) is 0 Å². The lowest BCUT2D eigenvalue weighted by Gasteiger charge is -2.19. The molecule has 0 saturated carbocycles. The molecule has 1 aliphatic heterocycles. The number of ether oxygens (including phenoxy) is 1. The standard InChI is InChI=1S/C21H25ClFN3O2/c1-28-20-7-2-16(22)12-19(20)24-10-8-21(27)25-13-15-9-11-26(14-15)18-5-3-17(23)4-6-18/h2-7,12,15,24H,8-11,13-14H2,1H3,(H,25,27). The van der Waals surface area contributed by atoms with E-state index in [4.69, 9.17) is 16.3 Å². The van der Waals surface area contributed by atoms with Crippen LogP contribution in [-0.4, -0.2) is 39.2 Å². The van der Waals surface area contributed by atoms with Crippen molar-refractivity contribution >= 4 is 28.9 Å². The van der Waals surface area contributed by atoms with Crippen molar-refractivity contribution in [2.45, 2.75) is 12.8 Å². The van der Waals surface area contributed by atoms with Crippen LogP contribution in [0.2, 0.25) is 5.02 Å². The molecule has 2 N–H and O–H groups in total. The SMILES string of the molecule is COc1ccc(Cl)cc1NCCC(=O)NCC1CCN(c2ccc(F)cc2)C1. The minimum Gasteiger partial charge on any atom is -0.495 e. The lowest BCUT2D eigenvalue weighted by atomic mass is 10.1. The number of halogens is 2. The maximum absolute atomic E-state index is 13.0. The van der Waals surface area contributed by atoms with Crippen LogP contribution in [0.4, 0.5) is 15.8 Å². The number of amides is 1. The fourth-order valence-electron chi connectivity index (χ4n) is 3.36. The number of hydrogen-bond acceptors (Lipinski definition) is 4. The van der Waals surface area contributed by atoms with Crippen LogP contribution < -0.4 is 20.3 Å². The van der Waals surface area contributed by atoms with Gasteiger partial charge in [-0.3, -0.25) is 4.79 Å². The van der Waals surface area contributed by atoms with E-state index in [1.54, 1.807) is 37.4 Å². The Labute approximate surface area is 169 Å². The minimum atomic E-state index is -0.226. The first-order chi connectivity index (χ1) is 13.5. The van der Waals surface area contributed by atoms with E-state index in [-0.39, 0.29) is 11.7 Å². The normalized spacial score (nSPS) is 16.1. The van der Waals surface area contributed by atoms with Gasteiger partial charge in [0.1, 0.15) is 11.6 Å². The van der Waals surface area contributed by atoms with Gasteiger partial charge in [-0.05, 0) is 54.8 Å². The van der Waals surface area contributed by atoms with Gasteiger partial charge in [-0.25, -0.2) is 4.39 Å². The lowest BCUT2D eigenvalue weighted by molar-refractivity contribution is -0.121. The predicted octanol–water partition coefficient (Wildman–Crippen LogP) is 3.93. The summed E-state index contributed by atoms with van der Waals surface area (Å²) in [6.07, 6.45) is 1.37. The molecule has 28 heavy (non-hydrogen) atoms. The van der Waals surface area contributed by atoms with Crippen molar-refractivity contribution < 1.29 is 13.9 Å². The molecule has 0 radical (unpaired) electrons. The number of nitrogens with zero attached hydrogens (tertiary/aromatic N) is 1. The molecule has 7 heteroatoms. The first-order valence-corrected chi connectivity index (χ1v) is 9.77. The Kier molecular flexibility index (Phi) is 6.98. The van der Waals surface area contributed by atoms with Crippen molar-refractivity contribution in [1.29, 1.82) is 0 Å². The van der Waals surface area contributed by atoms with Gasteiger partial charge >= 0.3 is 0 Å². The molecule has 0 aliphatic carbocycles. The number of rotatable bonds is 8. The van der Waals surface area contributed by atoms with Gasteiger partial charge in [-0.1, -0.05) is 11.6 Å². The highest BCUT2D eigenvalue weighted by molar-refractivity contribution is 6.30. The van der Waals surface area contributed by atoms with E-state index in [0.29, 0.717) is 36.2 Å². The number of benzene rings is 2. The van der Waals surface area contributed by atoms with Crippen LogP contribution in [0, 0.1) is 11.7 Å². The quantitative estimate of drug-likeness (QED) is 0.698. The minimum absolute atomic E-state index is 0.00808. The van der Waals surface area contributed by atoms with Crippen molar-refractivity contribution in [3.8, 4) is 5.75 Å². The van der Waals surface area contributed by atoms with Gasteiger partial charge in [0.15, 0.2) is 0 Å². The highest BCUT2D eigenvalue weighted by atomic mass is 35.5. The van der Waals surface area contributed by atoms with Crippen LogP contribution in [0.5, 0.6) is 5.75 Å². The van der Waals surface area contributed by atoms with Gasteiger partial charge in [0.2, 0.25) is 5.91 Å². The Balaban J connectivity index is 1.38. The van der Waals surface area contributed by atoms with E-state index in [1.807, 2.05) is 0 Å². The molecular weight excluding hydrogens is 381 g/mol. The fraction of sp³-hybridized carbons (Fsp3) is 0.381. The number of hydrogen-bond donors (Lipinski definition) is 2. The monoisotopic (exact) mass is 405 g/mol. The molecule has 150 valence electrons. The smallest absolute Gasteiger partial charge is 0.221 e. The van der Waals surface area contributed by atoms with E-state index in [0.717, 1.165) is 30.9 Å². The molecule has 3 rings (SSSR count). The summed E-state index contributed by atoms with van der Waals surface area (Å²) in [5.74, 6) is 0.871. The Morgan fingerprint density at radius 2 is 2.07 bits per heavy atom. The molecule has 5 nitrogen and oxygen atoms in total. The summed E-state index contributed by atoms with van der Waals surface area (Å²) in [5, 5.41) is 6.81. The molecule has 0 bridgehead atoms. The summed E-state index contributed by atoms with van der Waals surface area (Å²) in [4.78, 5) is 14.4. The molecule has 2 aromatic carbocycles. The number of carbonyl (C=O) groups excluding carboxylic acids is 1. The molecule has 1 heterocycles. The molecular formula is C21H25ClFN3O2. The van der Waals surface area contributed by atoms with Crippen molar-refractivity contribution in [2.24, 2.45) is 5.92 Å². The van der Waals surface area contributed by atoms with Crippen molar-refractivity contribution in [2.75, 3.05) is 43.5 Å². The topological polar surface area (TPSA) is 53.6 Å². The molecule has 1 unspecified atom stereocenters. The predicted molar refractivity (Wildman–Crippen MR) is 111 cm³/mol. The molecule has 1 atom stereocenters. The largest absolute Gasteiger partial charge is 0.495 e. The van der Waals surface area contributed by atoms with Crippen LogP contribution in [0.15, 0.2) is 42.5 Å². The number of carbonyl (C=O) groups is 1. The zero-order valence-corrected chi connectivity index (χ0v) is 16.6. The maximum Gasteiger partial charge on any atom is 0.221 e. The molecule has 0 spiro atoms. The fourth-order valence-corrected chi connectivity index (χ4v) is 3.53. The summed E-state index contributed by atoms with van der Waals surface area (Å²) in [5.41, 5.74) is 1.79. The van der Waals surface area contributed by atoms with Crippen LogP contribution in [0.1, 0.15) is 12.8 Å². The van der Waals surface area contributed by atoms with Crippen LogP contribution in [0.3, 0.4) is 0 Å². The van der Waals surface area contributed by atoms with Crippen molar-refractivity contribution in [3.05, 3.63) is 53.3 Å². The second kappa shape index (κ2) is 9.64. The molecule has 0 aromatic heterocycles. The molecule has 1 fully saturated rings. The van der Waals surface area contributed by atoms with Gasteiger partial charge in [0.05, 0.1) is 12.8 Å². The molecule has 1 aliphatic rings. The molecule has 1 saturated heterocycles. The zero-order chi connectivity index (χ0) is 19.9. The highest BCUT2D eigenvalue weighted by Gasteiger charge is 2.23. The van der Waals surface area contributed by atoms with E-state index in [1.165, 1.54) is 12.1 Å². The summed E-state index contributed by atoms with van der Waals surface area (Å²) in [6.45, 7) is 2.93. The van der Waals surface area contributed by atoms with Gasteiger partial charge in [0.25, 0.3) is 0 Å². The second-order valence-electron chi connectivity index (χ2n) is 6.90. The van der Waals surface area contributed by atoms with Gasteiger partial charge in [-0.15, -0.1) is 0 Å². The maximum atomic E-state index is 13.0. The first-order valence-electron chi connectivity index (χ1n) is 9.40. The van der Waals surface area contributed by atoms with Crippen molar-refractivity contribution in [1.82, 2.24) is 5.32 Å².